The predicted molar refractivity (Wildman–Crippen MR) is 107 cm³/mol. The molecular weight excluding hydrogens is 365 g/mol. The fraction of sp³-hybridized carbons (Fsp3) is 0.300. The van der Waals surface area contributed by atoms with E-state index in [1.54, 1.807) is 47.8 Å². The van der Waals surface area contributed by atoms with Crippen molar-refractivity contribution >= 4 is 29.3 Å². The van der Waals surface area contributed by atoms with Crippen LogP contribution in [-0.4, -0.2) is 55.1 Å². The van der Waals surface area contributed by atoms with Crippen LogP contribution in [-0.2, 0) is 16.1 Å². The summed E-state index contributed by atoms with van der Waals surface area (Å²) in [4.78, 5) is 28.8. The highest BCUT2D eigenvalue weighted by Crippen LogP contribution is 2.24. The maximum atomic E-state index is 13.0. The van der Waals surface area contributed by atoms with Crippen molar-refractivity contribution in [2.24, 2.45) is 0 Å². The number of hydrogen-bond acceptors (Lipinski definition) is 4. The minimum Gasteiger partial charge on any atom is -0.340 e. The van der Waals surface area contributed by atoms with Crippen molar-refractivity contribution in [1.29, 1.82) is 0 Å². The minimum absolute atomic E-state index is 0.110. The number of hydrogen-bond donors (Lipinski definition) is 1. The number of carbonyl (C=O) groups is 2. The van der Waals surface area contributed by atoms with E-state index in [4.69, 9.17) is 0 Å². The first-order valence-electron chi connectivity index (χ1n) is 8.49. The Kier molecular flexibility index (Phi) is 7.82. The fourth-order valence-corrected chi connectivity index (χ4v) is 3.10. The van der Waals surface area contributed by atoms with Gasteiger partial charge in [0.2, 0.25) is 11.8 Å². The summed E-state index contributed by atoms with van der Waals surface area (Å²) < 4.78 is 13.0. The molecule has 0 fully saturated rings. The molecule has 0 radical (unpaired) electrons. The zero-order chi connectivity index (χ0) is 19.8. The smallest absolute Gasteiger partial charge is 0.238 e. The van der Waals surface area contributed by atoms with E-state index in [0.29, 0.717) is 6.54 Å². The summed E-state index contributed by atoms with van der Waals surface area (Å²) in [6.45, 7) is 0.619. The van der Waals surface area contributed by atoms with Crippen molar-refractivity contribution in [3.05, 3.63) is 59.9 Å². The lowest BCUT2D eigenvalue weighted by atomic mass is 10.2. The topological polar surface area (TPSA) is 52.7 Å². The zero-order valence-corrected chi connectivity index (χ0v) is 16.6. The van der Waals surface area contributed by atoms with E-state index < -0.39 is 0 Å². The first-order chi connectivity index (χ1) is 12.9. The second kappa shape index (κ2) is 10.1. The highest BCUT2D eigenvalue weighted by atomic mass is 32.2. The van der Waals surface area contributed by atoms with Crippen LogP contribution in [0, 0.1) is 5.82 Å². The first-order valence-corrected chi connectivity index (χ1v) is 9.71. The van der Waals surface area contributed by atoms with Gasteiger partial charge in [-0.1, -0.05) is 24.3 Å². The van der Waals surface area contributed by atoms with Gasteiger partial charge < -0.3 is 10.2 Å². The first kappa shape index (κ1) is 20.9. The number of amides is 2. The van der Waals surface area contributed by atoms with Gasteiger partial charge in [-0.05, 0) is 43.1 Å². The molecule has 7 heteroatoms. The monoisotopic (exact) mass is 389 g/mol. The molecular formula is C20H24FN3O2S. The van der Waals surface area contributed by atoms with E-state index in [2.05, 4.69) is 5.32 Å². The number of carbonyl (C=O) groups excluding carboxylic acids is 2. The molecule has 0 saturated carbocycles. The largest absolute Gasteiger partial charge is 0.340 e. The van der Waals surface area contributed by atoms with E-state index in [-0.39, 0.29) is 30.7 Å². The highest BCUT2D eigenvalue weighted by Gasteiger charge is 2.15. The highest BCUT2D eigenvalue weighted by molar-refractivity contribution is 7.98. The Morgan fingerprint density at radius 1 is 1.04 bits per heavy atom. The van der Waals surface area contributed by atoms with Gasteiger partial charge in [-0.25, -0.2) is 4.39 Å². The van der Waals surface area contributed by atoms with Crippen LogP contribution in [0.4, 0.5) is 10.1 Å². The van der Waals surface area contributed by atoms with E-state index >= 15 is 0 Å². The van der Waals surface area contributed by atoms with Gasteiger partial charge in [-0.3, -0.25) is 14.5 Å². The van der Waals surface area contributed by atoms with Gasteiger partial charge in [0.25, 0.3) is 0 Å². The Morgan fingerprint density at radius 3 is 2.37 bits per heavy atom. The number of benzene rings is 2. The summed E-state index contributed by atoms with van der Waals surface area (Å²) in [5.41, 5.74) is 1.62. The molecule has 0 aliphatic carbocycles. The maximum absolute atomic E-state index is 13.0. The number of nitrogens with one attached hydrogen (secondary N) is 1. The minimum atomic E-state index is -0.304. The fourth-order valence-electron chi connectivity index (χ4n) is 2.54. The van der Waals surface area contributed by atoms with Gasteiger partial charge in [0.05, 0.1) is 18.8 Å². The summed E-state index contributed by atoms with van der Waals surface area (Å²) in [6.07, 6.45) is 1.95. The van der Waals surface area contributed by atoms with Crippen LogP contribution >= 0.6 is 11.8 Å². The molecule has 144 valence electrons. The van der Waals surface area contributed by atoms with Crippen LogP contribution in [0.5, 0.6) is 0 Å². The molecule has 0 spiro atoms. The van der Waals surface area contributed by atoms with Crippen molar-refractivity contribution in [3.8, 4) is 0 Å². The van der Waals surface area contributed by atoms with Crippen LogP contribution in [0.3, 0.4) is 0 Å². The molecule has 2 aromatic carbocycles. The number of anilines is 1. The molecule has 0 bridgehead atoms. The molecule has 5 nitrogen and oxygen atoms in total. The number of thioether (sulfide) groups is 1. The van der Waals surface area contributed by atoms with Crippen LogP contribution in [0.15, 0.2) is 53.4 Å². The summed E-state index contributed by atoms with van der Waals surface area (Å²) >= 11 is 1.56. The lowest BCUT2D eigenvalue weighted by Gasteiger charge is -2.22. The Balaban J connectivity index is 1.83. The third kappa shape index (κ3) is 6.69. The van der Waals surface area contributed by atoms with Gasteiger partial charge in [0.1, 0.15) is 5.82 Å². The molecule has 0 atom stereocenters. The Hall–Kier alpha value is -2.38. The molecule has 2 aromatic rings. The van der Waals surface area contributed by atoms with E-state index in [0.717, 1.165) is 16.1 Å². The molecule has 27 heavy (non-hydrogen) atoms. The van der Waals surface area contributed by atoms with E-state index in [9.17, 15) is 14.0 Å². The molecule has 1 N–H and O–H groups in total. The number of halogens is 1. The third-order valence-electron chi connectivity index (χ3n) is 3.96. The van der Waals surface area contributed by atoms with E-state index in [1.807, 2.05) is 30.5 Å². The number of nitrogens with zero attached hydrogens (tertiary/aromatic N) is 2. The molecule has 0 aliphatic heterocycles. The van der Waals surface area contributed by atoms with Crippen LogP contribution in [0.25, 0.3) is 0 Å². The van der Waals surface area contributed by atoms with Crippen molar-refractivity contribution in [3.63, 3.8) is 0 Å². The molecule has 2 amide bonds. The Morgan fingerprint density at radius 2 is 1.70 bits per heavy atom. The SMILES string of the molecule is CSc1ccccc1NC(=O)CN(C)CC(=O)N(C)Cc1ccc(F)cc1. The van der Waals surface area contributed by atoms with Gasteiger partial charge >= 0.3 is 0 Å². The van der Waals surface area contributed by atoms with Crippen LogP contribution in [0.2, 0.25) is 0 Å². The summed E-state index contributed by atoms with van der Waals surface area (Å²) in [5.74, 6) is -0.589. The van der Waals surface area contributed by atoms with Gasteiger partial charge in [-0.15, -0.1) is 11.8 Å². The number of likely N-dealkylation sites (N-methyl/N-ethyl adjacent to an activating group) is 2. The quantitative estimate of drug-likeness (QED) is 0.705. The van der Waals surface area contributed by atoms with Gasteiger partial charge in [0.15, 0.2) is 0 Å². The number of rotatable bonds is 8. The average molecular weight is 389 g/mol. The van der Waals surface area contributed by atoms with Crippen molar-refractivity contribution in [1.82, 2.24) is 9.80 Å². The van der Waals surface area contributed by atoms with Crippen LogP contribution < -0.4 is 5.32 Å². The normalized spacial score (nSPS) is 10.7. The van der Waals surface area contributed by atoms with E-state index in [1.165, 1.54) is 12.1 Å². The van der Waals surface area contributed by atoms with Crippen molar-refractivity contribution in [2.75, 3.05) is 38.8 Å². The van der Waals surface area contributed by atoms with Gasteiger partial charge in [0, 0.05) is 18.5 Å². The molecule has 0 saturated heterocycles. The second-order valence-corrected chi connectivity index (χ2v) is 7.15. The summed E-state index contributed by atoms with van der Waals surface area (Å²) in [5, 5.41) is 2.88. The van der Waals surface area contributed by atoms with Gasteiger partial charge in [-0.2, -0.15) is 0 Å². The Bertz CT molecular complexity index is 783. The molecule has 0 aromatic heterocycles. The average Bonchev–Trinajstić information content (AvgIpc) is 2.63. The molecule has 0 heterocycles. The maximum Gasteiger partial charge on any atom is 0.238 e. The third-order valence-corrected chi connectivity index (χ3v) is 4.75. The van der Waals surface area contributed by atoms with Crippen molar-refractivity contribution < 1.29 is 14.0 Å². The lowest BCUT2D eigenvalue weighted by molar-refractivity contribution is -0.131. The van der Waals surface area contributed by atoms with Crippen LogP contribution in [0.1, 0.15) is 5.56 Å². The summed E-state index contributed by atoms with van der Waals surface area (Å²) in [6, 6.07) is 13.6. The molecule has 0 unspecified atom stereocenters. The molecule has 0 aliphatic rings. The lowest BCUT2D eigenvalue weighted by Crippen LogP contribution is -2.39. The standard InChI is InChI=1S/C20H24FN3O2S/c1-23(13-19(25)22-17-6-4-5-7-18(17)27-3)14-20(26)24(2)12-15-8-10-16(21)11-9-15/h4-11H,12-14H2,1-3H3,(H,22,25). The summed E-state index contributed by atoms with van der Waals surface area (Å²) in [7, 11) is 3.41. The zero-order valence-electron chi connectivity index (χ0n) is 15.7. The number of para-hydroxylation sites is 1. The molecule has 2 rings (SSSR count). The predicted octanol–water partition coefficient (Wildman–Crippen LogP) is 3.08. The van der Waals surface area contributed by atoms with Crippen molar-refractivity contribution in [2.45, 2.75) is 11.4 Å². The Labute approximate surface area is 163 Å². The second-order valence-electron chi connectivity index (χ2n) is 6.30.